The van der Waals surface area contributed by atoms with E-state index in [-0.39, 0.29) is 5.91 Å². The molecule has 0 unspecified atom stereocenters. The van der Waals surface area contributed by atoms with Crippen LogP contribution in [-0.4, -0.2) is 65.8 Å². The molecule has 3 aromatic rings. The van der Waals surface area contributed by atoms with Crippen molar-refractivity contribution in [1.82, 2.24) is 19.5 Å². The molecular weight excluding hydrogens is 382 g/mol. The lowest BCUT2D eigenvalue weighted by molar-refractivity contribution is 0.0745. The molecule has 1 aromatic carbocycles. The number of aromatic nitrogens is 3. The fourth-order valence-corrected chi connectivity index (χ4v) is 3.45. The second kappa shape index (κ2) is 7.55. The molecule has 1 aliphatic rings. The lowest BCUT2D eigenvalue weighted by Gasteiger charge is -2.34. The molecule has 1 saturated heterocycles. The number of hydrogen-bond acceptors (Lipinski definition) is 6. The second-order valence-electron chi connectivity index (χ2n) is 6.46. The molecule has 0 bridgehead atoms. The van der Waals surface area contributed by atoms with Gasteiger partial charge in [-0.1, -0.05) is 11.6 Å². The van der Waals surface area contributed by atoms with Crippen LogP contribution in [-0.2, 0) is 0 Å². The quantitative estimate of drug-likeness (QED) is 0.668. The summed E-state index contributed by atoms with van der Waals surface area (Å²) in [6, 6.07) is 8.82. The van der Waals surface area contributed by atoms with E-state index in [0.29, 0.717) is 48.3 Å². The molecule has 28 heavy (non-hydrogen) atoms. The fourth-order valence-electron chi connectivity index (χ4n) is 3.29. The highest BCUT2D eigenvalue weighted by atomic mass is 35.5. The number of piperazine rings is 1. The van der Waals surface area contributed by atoms with Crippen molar-refractivity contribution in [3.8, 4) is 11.5 Å². The predicted molar refractivity (Wildman–Crippen MR) is 106 cm³/mol. The van der Waals surface area contributed by atoms with Crippen LogP contribution in [0.15, 0.2) is 36.5 Å². The summed E-state index contributed by atoms with van der Waals surface area (Å²) in [5.41, 5.74) is 1.28. The van der Waals surface area contributed by atoms with Crippen LogP contribution in [0.2, 0.25) is 5.02 Å². The molecule has 0 spiro atoms. The molecule has 1 aliphatic heterocycles. The summed E-state index contributed by atoms with van der Waals surface area (Å²) < 4.78 is 12.4. The van der Waals surface area contributed by atoms with Crippen LogP contribution in [0.4, 0.5) is 5.95 Å². The van der Waals surface area contributed by atoms with Crippen molar-refractivity contribution < 1.29 is 14.3 Å². The van der Waals surface area contributed by atoms with E-state index in [2.05, 4.69) is 15.1 Å². The van der Waals surface area contributed by atoms with Gasteiger partial charge in [0.1, 0.15) is 11.5 Å². The Morgan fingerprint density at radius 2 is 1.68 bits per heavy atom. The van der Waals surface area contributed by atoms with Gasteiger partial charge < -0.3 is 19.3 Å². The largest absolute Gasteiger partial charge is 0.497 e. The average Bonchev–Trinajstić information content (AvgIpc) is 3.15. The van der Waals surface area contributed by atoms with E-state index in [1.54, 1.807) is 44.7 Å². The molecule has 8 nitrogen and oxygen atoms in total. The minimum Gasteiger partial charge on any atom is -0.497 e. The molecule has 3 heterocycles. The van der Waals surface area contributed by atoms with Gasteiger partial charge in [0.2, 0.25) is 5.95 Å². The van der Waals surface area contributed by atoms with Crippen molar-refractivity contribution in [3.05, 3.63) is 47.1 Å². The topological polar surface area (TPSA) is 72.2 Å². The monoisotopic (exact) mass is 401 g/mol. The van der Waals surface area contributed by atoms with Gasteiger partial charge in [-0.2, -0.15) is 0 Å². The molecule has 0 N–H and O–H groups in total. The first kappa shape index (κ1) is 18.4. The van der Waals surface area contributed by atoms with Crippen molar-refractivity contribution in [1.29, 1.82) is 0 Å². The number of carbonyl (C=O) groups is 1. The zero-order chi connectivity index (χ0) is 19.7. The number of amides is 1. The highest BCUT2D eigenvalue weighted by Crippen LogP contribution is 2.24. The second-order valence-corrected chi connectivity index (χ2v) is 6.89. The van der Waals surface area contributed by atoms with E-state index in [0.717, 1.165) is 11.6 Å². The van der Waals surface area contributed by atoms with Gasteiger partial charge in [0.15, 0.2) is 5.65 Å². The minimum atomic E-state index is -0.0500. The first-order valence-electron chi connectivity index (χ1n) is 8.86. The summed E-state index contributed by atoms with van der Waals surface area (Å²) in [5.74, 6) is 1.86. The van der Waals surface area contributed by atoms with E-state index in [4.69, 9.17) is 21.1 Å². The summed E-state index contributed by atoms with van der Waals surface area (Å²) in [5, 5.41) is 9.08. The number of carbonyl (C=O) groups excluding carboxylic acids is 1. The van der Waals surface area contributed by atoms with Gasteiger partial charge in [0.25, 0.3) is 5.91 Å². The maximum atomic E-state index is 12.9. The van der Waals surface area contributed by atoms with Crippen LogP contribution in [0.3, 0.4) is 0 Å². The number of methoxy groups -OCH3 is 2. The van der Waals surface area contributed by atoms with E-state index in [1.807, 2.05) is 15.4 Å². The van der Waals surface area contributed by atoms with Crippen molar-refractivity contribution in [2.45, 2.75) is 0 Å². The van der Waals surface area contributed by atoms with Crippen LogP contribution >= 0.6 is 11.6 Å². The third-order valence-electron chi connectivity index (χ3n) is 4.80. The van der Waals surface area contributed by atoms with Crippen molar-refractivity contribution >= 4 is 29.1 Å². The average molecular weight is 402 g/mol. The molecule has 0 aliphatic carbocycles. The number of benzene rings is 1. The number of nitrogens with zero attached hydrogens (tertiary/aromatic N) is 5. The lowest BCUT2D eigenvalue weighted by atomic mass is 10.1. The maximum absolute atomic E-state index is 12.9. The SMILES string of the molecule is COc1cc(OC)cc(C(=O)N2CCN(c3nnc4ccc(Cl)cn34)CC2)c1. The van der Waals surface area contributed by atoms with Gasteiger partial charge in [-0.3, -0.25) is 9.20 Å². The Kier molecular flexibility index (Phi) is 4.95. The first-order chi connectivity index (χ1) is 13.6. The summed E-state index contributed by atoms with van der Waals surface area (Å²) in [6.45, 7) is 2.46. The summed E-state index contributed by atoms with van der Waals surface area (Å²) in [7, 11) is 3.13. The van der Waals surface area contributed by atoms with Crippen LogP contribution in [0.25, 0.3) is 5.65 Å². The highest BCUT2D eigenvalue weighted by Gasteiger charge is 2.25. The van der Waals surface area contributed by atoms with Gasteiger partial charge in [-0.05, 0) is 24.3 Å². The van der Waals surface area contributed by atoms with Crippen molar-refractivity contribution in [2.75, 3.05) is 45.3 Å². The number of halogens is 1. The Morgan fingerprint density at radius 1 is 1.00 bits per heavy atom. The van der Waals surface area contributed by atoms with Crippen LogP contribution in [0.5, 0.6) is 11.5 Å². The number of rotatable bonds is 4. The zero-order valence-corrected chi connectivity index (χ0v) is 16.4. The molecule has 1 fully saturated rings. The Balaban J connectivity index is 1.49. The third-order valence-corrected chi connectivity index (χ3v) is 5.02. The standard InChI is InChI=1S/C19H20ClN5O3/c1-27-15-9-13(10-16(11-15)28-2)18(26)23-5-7-24(8-6-23)19-22-21-17-4-3-14(20)12-25(17)19/h3-4,9-12H,5-8H2,1-2H3. The molecule has 9 heteroatoms. The molecule has 146 valence electrons. The third kappa shape index (κ3) is 3.43. The molecule has 1 amide bonds. The van der Waals surface area contributed by atoms with Gasteiger partial charge in [0, 0.05) is 44.0 Å². The Labute approximate surface area is 167 Å². The summed E-state index contributed by atoms with van der Waals surface area (Å²) in [4.78, 5) is 16.9. The lowest BCUT2D eigenvalue weighted by Crippen LogP contribution is -2.49. The van der Waals surface area contributed by atoms with Gasteiger partial charge >= 0.3 is 0 Å². The van der Waals surface area contributed by atoms with E-state index in [9.17, 15) is 4.79 Å². The normalized spacial score (nSPS) is 14.4. The van der Waals surface area contributed by atoms with Gasteiger partial charge in [-0.15, -0.1) is 10.2 Å². The van der Waals surface area contributed by atoms with Crippen molar-refractivity contribution in [3.63, 3.8) is 0 Å². The van der Waals surface area contributed by atoms with Crippen molar-refractivity contribution in [2.24, 2.45) is 0 Å². The van der Waals surface area contributed by atoms with E-state index >= 15 is 0 Å². The molecule has 0 saturated carbocycles. The Bertz CT molecular complexity index is 992. The van der Waals surface area contributed by atoms with Gasteiger partial charge in [0.05, 0.1) is 19.2 Å². The summed E-state index contributed by atoms with van der Waals surface area (Å²) >= 11 is 6.10. The molecular formula is C19H20ClN5O3. The molecule has 0 atom stereocenters. The van der Waals surface area contributed by atoms with E-state index in [1.165, 1.54) is 0 Å². The van der Waals surface area contributed by atoms with Gasteiger partial charge in [-0.25, -0.2) is 0 Å². The zero-order valence-electron chi connectivity index (χ0n) is 15.6. The van der Waals surface area contributed by atoms with Crippen LogP contribution < -0.4 is 14.4 Å². The smallest absolute Gasteiger partial charge is 0.254 e. The molecule has 2 aromatic heterocycles. The molecule has 0 radical (unpaired) electrons. The van der Waals surface area contributed by atoms with E-state index < -0.39 is 0 Å². The predicted octanol–water partition coefficient (Wildman–Crippen LogP) is 2.36. The Hall–Kier alpha value is -3.00. The van der Waals surface area contributed by atoms with Crippen LogP contribution in [0, 0.1) is 0 Å². The number of ether oxygens (including phenoxy) is 2. The number of hydrogen-bond donors (Lipinski definition) is 0. The summed E-state index contributed by atoms with van der Waals surface area (Å²) in [6.07, 6.45) is 1.80. The molecule has 4 rings (SSSR count). The first-order valence-corrected chi connectivity index (χ1v) is 9.24. The van der Waals surface area contributed by atoms with Crippen LogP contribution in [0.1, 0.15) is 10.4 Å². The number of pyridine rings is 1. The number of fused-ring (bicyclic) bond motifs is 1. The number of anilines is 1. The Morgan fingerprint density at radius 3 is 2.32 bits per heavy atom. The highest BCUT2D eigenvalue weighted by molar-refractivity contribution is 6.30. The fraction of sp³-hybridized carbons (Fsp3) is 0.316. The minimum absolute atomic E-state index is 0.0500. The maximum Gasteiger partial charge on any atom is 0.254 e.